The molecule has 0 aliphatic carbocycles. The number of carbonyl (C=O) groups is 2. The molecule has 2 aromatic rings. The summed E-state index contributed by atoms with van der Waals surface area (Å²) in [5, 5.41) is 5.61. The van der Waals surface area contributed by atoms with Gasteiger partial charge in [-0.2, -0.15) is 13.2 Å². The zero-order valence-electron chi connectivity index (χ0n) is 18.0. The van der Waals surface area contributed by atoms with Crippen LogP contribution in [-0.4, -0.2) is 29.9 Å². The lowest BCUT2D eigenvalue weighted by molar-refractivity contribution is -0.137. The molecule has 1 saturated heterocycles. The Kier molecular flexibility index (Phi) is 7.77. The molecule has 1 fully saturated rings. The molecule has 3 amide bonds. The Morgan fingerprint density at radius 3 is 2.66 bits per heavy atom. The maximum atomic E-state index is 12.8. The first-order valence-corrected chi connectivity index (χ1v) is 10.8. The molecule has 0 unspecified atom stereocenters. The third kappa shape index (κ3) is 7.00. The average molecular weight is 448 g/mol. The van der Waals surface area contributed by atoms with Gasteiger partial charge in [-0.1, -0.05) is 24.3 Å². The Bertz CT molecular complexity index is 946. The fraction of sp³-hybridized carbons (Fsp3) is 0.417. The summed E-state index contributed by atoms with van der Waals surface area (Å²) in [6.07, 6.45) is -1.69. The average Bonchev–Trinajstić information content (AvgIpc) is 2.76. The van der Waals surface area contributed by atoms with Crippen molar-refractivity contribution in [2.45, 2.75) is 45.3 Å². The topological polar surface area (TPSA) is 61.4 Å². The Morgan fingerprint density at radius 1 is 1.12 bits per heavy atom. The van der Waals surface area contributed by atoms with Gasteiger partial charge in [0.15, 0.2) is 0 Å². The minimum Gasteiger partial charge on any atom is -0.352 e. The van der Waals surface area contributed by atoms with E-state index >= 15 is 0 Å². The van der Waals surface area contributed by atoms with Gasteiger partial charge in [-0.25, -0.2) is 4.79 Å². The molecule has 0 radical (unpaired) electrons. The predicted octanol–water partition coefficient (Wildman–Crippen LogP) is 5.35. The van der Waals surface area contributed by atoms with Gasteiger partial charge in [0.05, 0.1) is 5.56 Å². The highest BCUT2D eigenvalue weighted by atomic mass is 19.4. The molecule has 0 saturated carbocycles. The monoisotopic (exact) mass is 447 g/mol. The number of aryl methyl sites for hydroxylation is 1. The summed E-state index contributed by atoms with van der Waals surface area (Å²) >= 11 is 0. The summed E-state index contributed by atoms with van der Waals surface area (Å²) in [6, 6.07) is 12.4. The first kappa shape index (κ1) is 23.6. The summed E-state index contributed by atoms with van der Waals surface area (Å²) in [5.74, 6) is 0.00932. The van der Waals surface area contributed by atoms with Crippen molar-refractivity contribution in [1.29, 1.82) is 0 Å². The second kappa shape index (κ2) is 10.5. The second-order valence-electron chi connectivity index (χ2n) is 8.27. The van der Waals surface area contributed by atoms with Crippen LogP contribution in [0, 0.1) is 12.8 Å². The molecule has 32 heavy (non-hydrogen) atoms. The number of nitrogens with zero attached hydrogens (tertiary/aromatic N) is 1. The fourth-order valence-electron chi connectivity index (χ4n) is 3.89. The van der Waals surface area contributed by atoms with E-state index in [1.165, 1.54) is 6.07 Å². The molecular formula is C24H28F3N3O2. The van der Waals surface area contributed by atoms with E-state index in [1.54, 1.807) is 11.0 Å². The highest BCUT2D eigenvalue weighted by molar-refractivity contribution is 5.89. The standard InChI is InChI=1S/C24H28F3N3O2/c1-17-5-2-9-21(13-17)29-23(32)30-12-4-7-18(16-30)10-11-22(31)28-15-19-6-3-8-20(14-19)24(25,26)27/h2-3,5-6,8-9,13-14,18H,4,7,10-12,15-16H2,1H3,(H,28,31)(H,29,32)/t18-/m1/s1. The van der Waals surface area contributed by atoms with Crippen molar-refractivity contribution < 1.29 is 22.8 Å². The van der Waals surface area contributed by atoms with Crippen LogP contribution < -0.4 is 10.6 Å². The molecule has 0 aromatic heterocycles. The summed E-state index contributed by atoms with van der Waals surface area (Å²) in [7, 11) is 0. The van der Waals surface area contributed by atoms with Crippen LogP contribution in [0.4, 0.5) is 23.7 Å². The van der Waals surface area contributed by atoms with Crippen LogP contribution in [0.15, 0.2) is 48.5 Å². The number of likely N-dealkylation sites (tertiary alicyclic amines) is 1. The first-order chi connectivity index (χ1) is 15.2. The molecule has 3 rings (SSSR count). The van der Waals surface area contributed by atoms with E-state index in [-0.39, 0.29) is 30.8 Å². The minimum atomic E-state index is -4.40. The van der Waals surface area contributed by atoms with Gasteiger partial charge < -0.3 is 15.5 Å². The number of halogens is 3. The van der Waals surface area contributed by atoms with Crippen LogP contribution in [0.2, 0.25) is 0 Å². The third-order valence-electron chi connectivity index (χ3n) is 5.60. The van der Waals surface area contributed by atoms with Crippen LogP contribution in [0.1, 0.15) is 42.4 Å². The van der Waals surface area contributed by atoms with E-state index in [9.17, 15) is 22.8 Å². The quantitative estimate of drug-likeness (QED) is 0.627. The smallest absolute Gasteiger partial charge is 0.352 e. The molecule has 2 N–H and O–H groups in total. The van der Waals surface area contributed by atoms with E-state index in [2.05, 4.69) is 10.6 Å². The van der Waals surface area contributed by atoms with Crippen molar-refractivity contribution in [3.8, 4) is 0 Å². The number of rotatable bonds is 6. The van der Waals surface area contributed by atoms with Gasteiger partial charge >= 0.3 is 12.2 Å². The van der Waals surface area contributed by atoms with Crippen LogP contribution >= 0.6 is 0 Å². The lowest BCUT2D eigenvalue weighted by atomic mass is 9.93. The lowest BCUT2D eigenvalue weighted by Crippen LogP contribution is -2.42. The third-order valence-corrected chi connectivity index (χ3v) is 5.60. The molecule has 0 bridgehead atoms. The molecule has 1 aliphatic heterocycles. The number of hydrogen-bond acceptors (Lipinski definition) is 2. The Hall–Kier alpha value is -3.03. The SMILES string of the molecule is Cc1cccc(NC(=O)N2CCC[C@H](CCC(=O)NCc3cccc(C(F)(F)F)c3)C2)c1. The highest BCUT2D eigenvalue weighted by Crippen LogP contribution is 2.29. The second-order valence-corrected chi connectivity index (χ2v) is 8.27. The van der Waals surface area contributed by atoms with Crippen molar-refractivity contribution in [3.05, 3.63) is 65.2 Å². The summed E-state index contributed by atoms with van der Waals surface area (Å²) < 4.78 is 38.4. The van der Waals surface area contributed by atoms with Gasteiger partial charge in [0, 0.05) is 31.7 Å². The van der Waals surface area contributed by atoms with E-state index < -0.39 is 11.7 Å². The van der Waals surface area contributed by atoms with Crippen molar-refractivity contribution in [3.63, 3.8) is 0 Å². The largest absolute Gasteiger partial charge is 0.416 e. The molecule has 2 aromatic carbocycles. The number of anilines is 1. The van der Waals surface area contributed by atoms with E-state index in [4.69, 9.17) is 0 Å². The number of urea groups is 1. The van der Waals surface area contributed by atoms with Gasteiger partial charge in [-0.3, -0.25) is 4.79 Å². The van der Waals surface area contributed by atoms with Crippen LogP contribution in [-0.2, 0) is 17.5 Å². The highest BCUT2D eigenvalue weighted by Gasteiger charge is 2.30. The Morgan fingerprint density at radius 2 is 1.91 bits per heavy atom. The normalized spacial score (nSPS) is 16.5. The van der Waals surface area contributed by atoms with Crippen molar-refractivity contribution in [2.24, 2.45) is 5.92 Å². The molecule has 1 heterocycles. The number of carbonyl (C=O) groups excluding carboxylic acids is 2. The molecule has 5 nitrogen and oxygen atoms in total. The molecular weight excluding hydrogens is 419 g/mol. The number of benzene rings is 2. The van der Waals surface area contributed by atoms with Gasteiger partial charge in [0.1, 0.15) is 0 Å². The van der Waals surface area contributed by atoms with Crippen molar-refractivity contribution in [1.82, 2.24) is 10.2 Å². The minimum absolute atomic E-state index is 0.0540. The Labute approximate surface area is 186 Å². The van der Waals surface area contributed by atoms with E-state index in [1.807, 2.05) is 31.2 Å². The fourth-order valence-corrected chi connectivity index (χ4v) is 3.89. The van der Waals surface area contributed by atoms with E-state index in [0.29, 0.717) is 25.1 Å². The van der Waals surface area contributed by atoms with Gasteiger partial charge in [0.25, 0.3) is 0 Å². The predicted molar refractivity (Wildman–Crippen MR) is 117 cm³/mol. The number of amides is 3. The summed E-state index contributed by atoms with van der Waals surface area (Å²) in [4.78, 5) is 26.6. The number of nitrogens with one attached hydrogen (secondary N) is 2. The summed E-state index contributed by atoms with van der Waals surface area (Å²) in [5.41, 5.74) is 1.50. The number of alkyl halides is 3. The van der Waals surface area contributed by atoms with Gasteiger partial charge in [0.2, 0.25) is 5.91 Å². The van der Waals surface area contributed by atoms with Crippen LogP contribution in [0.25, 0.3) is 0 Å². The number of piperidine rings is 1. The molecule has 172 valence electrons. The van der Waals surface area contributed by atoms with Gasteiger partial charge in [-0.05, 0) is 67.5 Å². The summed E-state index contributed by atoms with van der Waals surface area (Å²) in [6.45, 7) is 3.28. The maximum absolute atomic E-state index is 12.8. The number of hydrogen-bond donors (Lipinski definition) is 2. The first-order valence-electron chi connectivity index (χ1n) is 10.8. The zero-order chi connectivity index (χ0) is 23.1. The van der Waals surface area contributed by atoms with Crippen LogP contribution in [0.5, 0.6) is 0 Å². The maximum Gasteiger partial charge on any atom is 0.416 e. The van der Waals surface area contributed by atoms with Crippen LogP contribution in [0.3, 0.4) is 0 Å². The molecule has 8 heteroatoms. The molecule has 1 atom stereocenters. The zero-order valence-corrected chi connectivity index (χ0v) is 18.0. The molecule has 0 spiro atoms. The van der Waals surface area contributed by atoms with Crippen molar-refractivity contribution in [2.75, 3.05) is 18.4 Å². The van der Waals surface area contributed by atoms with Crippen molar-refractivity contribution >= 4 is 17.6 Å². The van der Waals surface area contributed by atoms with Gasteiger partial charge in [-0.15, -0.1) is 0 Å². The molecule has 1 aliphatic rings. The van der Waals surface area contributed by atoms with E-state index in [0.717, 1.165) is 36.2 Å². The Balaban J connectivity index is 1.43. The lowest BCUT2D eigenvalue weighted by Gasteiger charge is -2.32.